The molecule has 1 aliphatic heterocycles. The number of ether oxygens (including phenoxy) is 1. The van der Waals surface area contributed by atoms with E-state index in [9.17, 15) is 12.8 Å². The number of nitrogens with one attached hydrogen (secondary N) is 1. The van der Waals surface area contributed by atoms with E-state index in [-0.39, 0.29) is 11.6 Å². The van der Waals surface area contributed by atoms with Gasteiger partial charge in [0.15, 0.2) is 17.5 Å². The van der Waals surface area contributed by atoms with Crippen LogP contribution in [0.25, 0.3) is 0 Å². The van der Waals surface area contributed by atoms with Crippen LogP contribution in [0, 0.1) is 11.7 Å². The van der Waals surface area contributed by atoms with E-state index in [1.54, 1.807) is 6.07 Å². The van der Waals surface area contributed by atoms with Crippen molar-refractivity contribution in [3.05, 3.63) is 29.6 Å². The number of halogens is 1. The maximum atomic E-state index is 13.9. The van der Waals surface area contributed by atoms with E-state index >= 15 is 0 Å². The second kappa shape index (κ2) is 10.1. The first kappa shape index (κ1) is 22.4. The van der Waals surface area contributed by atoms with Gasteiger partial charge in [0.05, 0.1) is 13.4 Å². The normalized spacial score (nSPS) is 16.8. The zero-order chi connectivity index (χ0) is 20.7. The summed E-state index contributed by atoms with van der Waals surface area (Å²) >= 11 is 0. The summed E-state index contributed by atoms with van der Waals surface area (Å²) in [7, 11) is 0.249. The number of sulfonamides is 1. The van der Waals surface area contributed by atoms with Gasteiger partial charge in [-0.2, -0.15) is 0 Å². The van der Waals surface area contributed by atoms with Crippen LogP contribution in [0.2, 0.25) is 0 Å². The molecule has 0 bridgehead atoms. The van der Waals surface area contributed by atoms with Crippen molar-refractivity contribution in [3.8, 4) is 5.75 Å². The molecular weight excluding hydrogens is 383 g/mol. The van der Waals surface area contributed by atoms with Crippen molar-refractivity contribution >= 4 is 16.0 Å². The summed E-state index contributed by atoms with van der Waals surface area (Å²) < 4.78 is 43.6. The molecule has 2 rings (SSSR count). The van der Waals surface area contributed by atoms with Crippen molar-refractivity contribution in [3.63, 3.8) is 0 Å². The molecule has 28 heavy (non-hydrogen) atoms. The fraction of sp³-hybridized carbons (Fsp3) is 0.632. The monoisotopic (exact) mass is 414 g/mol. The molecule has 0 unspecified atom stereocenters. The SMILES string of the molecule is CCNC(=NCC1CCN(S(C)(=O)=O)CC1)N(C)Cc1ccc(OC)c(F)c1. The topological polar surface area (TPSA) is 74.2 Å². The number of guanidine groups is 1. The van der Waals surface area contributed by atoms with Crippen LogP contribution < -0.4 is 10.1 Å². The van der Waals surface area contributed by atoms with Gasteiger partial charge in [-0.1, -0.05) is 6.07 Å². The van der Waals surface area contributed by atoms with Gasteiger partial charge in [-0.15, -0.1) is 0 Å². The molecule has 158 valence electrons. The molecule has 1 heterocycles. The second-order valence-electron chi connectivity index (χ2n) is 7.13. The third-order valence-corrected chi connectivity index (χ3v) is 6.18. The number of hydrogen-bond acceptors (Lipinski definition) is 4. The molecule has 1 saturated heterocycles. The number of hydrogen-bond donors (Lipinski definition) is 1. The van der Waals surface area contributed by atoms with Gasteiger partial charge in [-0.25, -0.2) is 17.1 Å². The average Bonchev–Trinajstić information content (AvgIpc) is 2.65. The van der Waals surface area contributed by atoms with Crippen LogP contribution in [-0.2, 0) is 16.6 Å². The van der Waals surface area contributed by atoms with Crippen molar-refractivity contribution in [2.45, 2.75) is 26.3 Å². The lowest BCUT2D eigenvalue weighted by Crippen LogP contribution is -2.40. The predicted octanol–water partition coefficient (Wildman–Crippen LogP) is 1.90. The van der Waals surface area contributed by atoms with E-state index in [0.29, 0.717) is 32.1 Å². The molecule has 0 aliphatic carbocycles. The van der Waals surface area contributed by atoms with Crippen LogP contribution in [0.5, 0.6) is 5.75 Å². The van der Waals surface area contributed by atoms with Gasteiger partial charge >= 0.3 is 0 Å². The first-order chi connectivity index (χ1) is 13.2. The smallest absolute Gasteiger partial charge is 0.211 e. The Balaban J connectivity index is 1.97. The molecule has 0 atom stereocenters. The molecule has 0 radical (unpaired) electrons. The second-order valence-corrected chi connectivity index (χ2v) is 9.11. The minimum absolute atomic E-state index is 0.229. The lowest BCUT2D eigenvalue weighted by atomic mass is 9.98. The Morgan fingerprint density at radius 2 is 2.07 bits per heavy atom. The summed E-state index contributed by atoms with van der Waals surface area (Å²) in [4.78, 5) is 6.68. The first-order valence-corrected chi connectivity index (χ1v) is 11.4. The Kier molecular flexibility index (Phi) is 8.06. The van der Waals surface area contributed by atoms with Gasteiger partial charge in [0.25, 0.3) is 0 Å². The number of methoxy groups -OCH3 is 1. The van der Waals surface area contributed by atoms with E-state index in [1.165, 1.54) is 23.7 Å². The van der Waals surface area contributed by atoms with Crippen LogP contribution in [0.4, 0.5) is 4.39 Å². The first-order valence-electron chi connectivity index (χ1n) is 9.51. The van der Waals surface area contributed by atoms with E-state index in [2.05, 4.69) is 5.32 Å². The quantitative estimate of drug-likeness (QED) is 0.545. The molecule has 7 nitrogen and oxygen atoms in total. The summed E-state index contributed by atoms with van der Waals surface area (Å²) in [6.07, 6.45) is 2.87. The zero-order valence-electron chi connectivity index (χ0n) is 17.1. The standard InChI is InChI=1S/C19H31FN4O3S/c1-5-21-19(22-13-15-8-10-24(11-9-15)28(4,25)26)23(2)14-16-6-7-18(27-3)17(20)12-16/h6-7,12,15H,5,8-11,13-14H2,1-4H3,(H,21,22). The molecule has 1 fully saturated rings. The zero-order valence-corrected chi connectivity index (χ0v) is 17.9. The Morgan fingerprint density at radius 3 is 2.61 bits per heavy atom. The van der Waals surface area contributed by atoms with Gasteiger partial charge in [-0.05, 0) is 43.4 Å². The summed E-state index contributed by atoms with van der Waals surface area (Å²) in [5.74, 6) is 0.961. The van der Waals surface area contributed by atoms with Crippen molar-refractivity contribution in [2.75, 3.05) is 46.6 Å². The molecule has 1 aromatic rings. The van der Waals surface area contributed by atoms with Crippen LogP contribution in [-0.4, -0.2) is 70.2 Å². The predicted molar refractivity (Wildman–Crippen MR) is 110 cm³/mol. The minimum atomic E-state index is -3.11. The van der Waals surface area contributed by atoms with E-state index in [0.717, 1.165) is 30.9 Å². The van der Waals surface area contributed by atoms with Crippen LogP contribution in [0.1, 0.15) is 25.3 Å². The van der Waals surface area contributed by atoms with Crippen molar-refractivity contribution in [2.24, 2.45) is 10.9 Å². The molecule has 1 aliphatic rings. The lowest BCUT2D eigenvalue weighted by Gasteiger charge is -2.30. The lowest BCUT2D eigenvalue weighted by molar-refractivity contribution is 0.279. The van der Waals surface area contributed by atoms with Gasteiger partial charge in [-0.3, -0.25) is 4.99 Å². The summed E-state index contributed by atoms with van der Waals surface area (Å²) in [5.41, 5.74) is 0.827. The molecular formula is C19H31FN4O3S. The maximum Gasteiger partial charge on any atom is 0.211 e. The fourth-order valence-corrected chi connectivity index (χ4v) is 4.14. The number of benzene rings is 1. The fourth-order valence-electron chi connectivity index (χ4n) is 3.27. The van der Waals surface area contributed by atoms with Crippen LogP contribution in [0.15, 0.2) is 23.2 Å². The third-order valence-electron chi connectivity index (χ3n) is 4.87. The van der Waals surface area contributed by atoms with Gasteiger partial charge in [0.2, 0.25) is 10.0 Å². The van der Waals surface area contributed by atoms with Crippen LogP contribution >= 0.6 is 0 Å². The summed E-state index contributed by atoms with van der Waals surface area (Å²) in [5, 5.41) is 3.26. The molecule has 0 spiro atoms. The Bertz CT molecular complexity index is 777. The Labute approximate surface area is 167 Å². The molecule has 0 amide bonds. The molecule has 1 aromatic carbocycles. The van der Waals surface area contributed by atoms with Crippen molar-refractivity contribution in [1.82, 2.24) is 14.5 Å². The number of rotatable bonds is 7. The molecule has 1 N–H and O–H groups in total. The number of nitrogens with zero attached hydrogens (tertiary/aromatic N) is 3. The van der Waals surface area contributed by atoms with Crippen molar-refractivity contribution < 1.29 is 17.5 Å². The highest BCUT2D eigenvalue weighted by Crippen LogP contribution is 2.20. The van der Waals surface area contributed by atoms with Gasteiger partial charge < -0.3 is 15.0 Å². The molecule has 0 aromatic heterocycles. The van der Waals surface area contributed by atoms with Crippen molar-refractivity contribution in [1.29, 1.82) is 0 Å². The van der Waals surface area contributed by atoms with E-state index < -0.39 is 10.0 Å². The largest absolute Gasteiger partial charge is 0.494 e. The minimum Gasteiger partial charge on any atom is -0.494 e. The number of aliphatic imine (C=N–C) groups is 1. The van der Waals surface area contributed by atoms with Gasteiger partial charge in [0.1, 0.15) is 0 Å². The maximum absolute atomic E-state index is 13.9. The Morgan fingerprint density at radius 1 is 1.39 bits per heavy atom. The highest BCUT2D eigenvalue weighted by Gasteiger charge is 2.24. The van der Waals surface area contributed by atoms with Crippen LogP contribution in [0.3, 0.4) is 0 Å². The summed E-state index contributed by atoms with van der Waals surface area (Å²) in [6, 6.07) is 4.93. The highest BCUT2D eigenvalue weighted by atomic mass is 32.2. The molecule has 0 saturated carbocycles. The van der Waals surface area contributed by atoms with E-state index in [4.69, 9.17) is 9.73 Å². The summed E-state index contributed by atoms with van der Waals surface area (Å²) in [6.45, 7) is 4.99. The third kappa shape index (κ3) is 6.34. The Hall–Kier alpha value is -1.87. The van der Waals surface area contributed by atoms with Gasteiger partial charge in [0, 0.05) is 39.8 Å². The highest BCUT2D eigenvalue weighted by molar-refractivity contribution is 7.88. The average molecular weight is 415 g/mol. The molecule has 9 heteroatoms. The number of piperidine rings is 1. The van der Waals surface area contributed by atoms with E-state index in [1.807, 2.05) is 24.9 Å².